The number of nitrogens with zero attached hydrogens (tertiary/aromatic N) is 2. The van der Waals surface area contributed by atoms with Crippen LogP contribution in [0.3, 0.4) is 0 Å². The van der Waals surface area contributed by atoms with Crippen LogP contribution in [0.2, 0.25) is 0 Å². The molecule has 0 aromatic rings. The summed E-state index contributed by atoms with van der Waals surface area (Å²) in [6.07, 6.45) is 0.960. The summed E-state index contributed by atoms with van der Waals surface area (Å²) in [6.45, 7) is 4.36. The smallest absolute Gasteiger partial charge is 0.226 e. The Labute approximate surface area is 73.0 Å². The molecule has 0 aromatic carbocycles. The van der Waals surface area contributed by atoms with E-state index >= 15 is 0 Å². The Morgan fingerprint density at radius 3 is 2.58 bits per heavy atom. The van der Waals surface area contributed by atoms with E-state index in [0.29, 0.717) is 0 Å². The maximum absolute atomic E-state index is 11.5. The lowest BCUT2D eigenvalue weighted by Gasteiger charge is -2.13. The molecule has 0 aromatic heterocycles. The summed E-state index contributed by atoms with van der Waals surface area (Å²) in [5.74, 6) is 0.261. The van der Waals surface area contributed by atoms with Crippen molar-refractivity contribution in [1.29, 1.82) is 5.26 Å². The summed E-state index contributed by atoms with van der Waals surface area (Å²) in [7, 11) is 1.68. The summed E-state index contributed by atoms with van der Waals surface area (Å²) >= 11 is 0. The Kier molecular flexibility index (Phi) is 2.10. The van der Waals surface area contributed by atoms with Gasteiger partial charge in [-0.3, -0.25) is 4.79 Å². The molecule has 0 N–H and O–H groups in total. The summed E-state index contributed by atoms with van der Waals surface area (Å²) in [5.41, 5.74) is 0.167. The van der Waals surface area contributed by atoms with Gasteiger partial charge in [-0.25, -0.2) is 0 Å². The van der Waals surface area contributed by atoms with E-state index in [-0.39, 0.29) is 23.8 Å². The number of hydrogen-bond donors (Lipinski definition) is 0. The van der Waals surface area contributed by atoms with Gasteiger partial charge < -0.3 is 4.90 Å². The molecule has 1 rings (SSSR count). The van der Waals surface area contributed by atoms with Gasteiger partial charge in [-0.2, -0.15) is 5.26 Å². The third-order valence-electron chi connectivity index (χ3n) is 2.50. The molecular formula is C9H14N2O. The average Bonchev–Trinajstić information content (AvgIpc) is 2.59. The molecule has 0 saturated heterocycles. The second-order valence-corrected chi connectivity index (χ2v) is 4.10. The van der Waals surface area contributed by atoms with E-state index in [1.807, 2.05) is 6.07 Å². The fraction of sp³-hybridized carbons (Fsp3) is 0.778. The van der Waals surface area contributed by atoms with E-state index < -0.39 is 0 Å². The molecule has 0 heterocycles. The summed E-state index contributed by atoms with van der Waals surface area (Å²) in [5, 5.41) is 8.37. The predicted octanol–water partition coefficient (Wildman–Crippen LogP) is 1.01. The van der Waals surface area contributed by atoms with Crippen molar-refractivity contribution in [3.63, 3.8) is 0 Å². The Bertz CT molecular complexity index is 239. The highest BCUT2D eigenvalue weighted by Gasteiger charge is 2.51. The van der Waals surface area contributed by atoms with Crippen molar-refractivity contribution in [2.75, 3.05) is 13.6 Å². The van der Waals surface area contributed by atoms with Crippen molar-refractivity contribution in [1.82, 2.24) is 4.90 Å². The Morgan fingerprint density at radius 1 is 1.75 bits per heavy atom. The minimum Gasteiger partial charge on any atom is -0.332 e. The standard InChI is InChI=1S/C9H14N2O/c1-9(2)6-7(9)8(12)11(3)5-4-10/h7H,5-6H2,1-3H3. The van der Waals surface area contributed by atoms with Crippen molar-refractivity contribution < 1.29 is 4.79 Å². The first-order chi connectivity index (χ1) is 5.49. The second kappa shape index (κ2) is 2.78. The number of carbonyl (C=O) groups excluding carboxylic acids is 1. The molecule has 1 saturated carbocycles. The molecule has 66 valence electrons. The lowest BCUT2D eigenvalue weighted by atomic mass is 10.1. The van der Waals surface area contributed by atoms with Gasteiger partial charge in [0.1, 0.15) is 6.54 Å². The Hall–Kier alpha value is -1.04. The van der Waals surface area contributed by atoms with Crippen molar-refractivity contribution in [3.05, 3.63) is 0 Å². The number of nitriles is 1. The first-order valence-corrected chi connectivity index (χ1v) is 4.11. The normalized spacial score (nSPS) is 24.3. The minimum absolute atomic E-state index is 0.113. The molecular weight excluding hydrogens is 152 g/mol. The van der Waals surface area contributed by atoms with E-state index in [0.717, 1.165) is 6.42 Å². The summed E-state index contributed by atoms with van der Waals surface area (Å²) in [6, 6.07) is 1.96. The van der Waals surface area contributed by atoms with E-state index in [2.05, 4.69) is 13.8 Å². The number of carbonyl (C=O) groups is 1. The molecule has 1 unspecified atom stereocenters. The van der Waals surface area contributed by atoms with Gasteiger partial charge in [-0.1, -0.05) is 13.8 Å². The molecule has 0 radical (unpaired) electrons. The van der Waals surface area contributed by atoms with Crippen LogP contribution in [0.1, 0.15) is 20.3 Å². The SMILES string of the molecule is CN(CC#N)C(=O)C1CC1(C)C. The van der Waals surface area contributed by atoms with Gasteiger partial charge in [0.15, 0.2) is 0 Å². The molecule has 3 heteroatoms. The van der Waals surface area contributed by atoms with Gasteiger partial charge in [0.05, 0.1) is 6.07 Å². The molecule has 1 aliphatic rings. The lowest BCUT2D eigenvalue weighted by Crippen LogP contribution is -2.29. The third kappa shape index (κ3) is 1.58. The van der Waals surface area contributed by atoms with Crippen LogP contribution in [0.5, 0.6) is 0 Å². The summed E-state index contributed by atoms with van der Waals surface area (Å²) < 4.78 is 0. The third-order valence-corrected chi connectivity index (χ3v) is 2.50. The Balaban J connectivity index is 2.46. The molecule has 0 aliphatic heterocycles. The minimum atomic E-state index is 0.113. The van der Waals surface area contributed by atoms with Gasteiger partial charge in [-0.05, 0) is 11.8 Å². The highest BCUT2D eigenvalue weighted by atomic mass is 16.2. The molecule has 1 atom stereocenters. The van der Waals surface area contributed by atoms with Crippen molar-refractivity contribution in [2.45, 2.75) is 20.3 Å². The van der Waals surface area contributed by atoms with Crippen molar-refractivity contribution >= 4 is 5.91 Å². The quantitative estimate of drug-likeness (QED) is 0.575. The van der Waals surface area contributed by atoms with Crippen LogP contribution in [-0.2, 0) is 4.79 Å². The number of rotatable bonds is 2. The van der Waals surface area contributed by atoms with Crippen LogP contribution in [0.15, 0.2) is 0 Å². The zero-order chi connectivity index (χ0) is 9.35. The average molecular weight is 166 g/mol. The fourth-order valence-corrected chi connectivity index (χ4v) is 1.34. The van der Waals surface area contributed by atoms with Gasteiger partial charge in [-0.15, -0.1) is 0 Å². The number of amides is 1. The molecule has 1 fully saturated rings. The molecule has 1 aliphatic carbocycles. The van der Waals surface area contributed by atoms with Crippen LogP contribution in [-0.4, -0.2) is 24.4 Å². The van der Waals surface area contributed by atoms with Crippen molar-refractivity contribution in [3.8, 4) is 6.07 Å². The maximum atomic E-state index is 11.5. The van der Waals surface area contributed by atoms with Gasteiger partial charge in [0, 0.05) is 13.0 Å². The topological polar surface area (TPSA) is 44.1 Å². The van der Waals surface area contributed by atoms with E-state index in [1.54, 1.807) is 7.05 Å². The van der Waals surface area contributed by atoms with Crippen LogP contribution in [0.25, 0.3) is 0 Å². The van der Waals surface area contributed by atoms with Gasteiger partial charge in [0.25, 0.3) is 0 Å². The molecule has 3 nitrogen and oxygen atoms in total. The summed E-state index contributed by atoms with van der Waals surface area (Å²) in [4.78, 5) is 13.0. The predicted molar refractivity (Wildman–Crippen MR) is 45.1 cm³/mol. The second-order valence-electron chi connectivity index (χ2n) is 4.10. The molecule has 1 amide bonds. The van der Waals surface area contributed by atoms with Gasteiger partial charge in [0.2, 0.25) is 5.91 Å². The first-order valence-electron chi connectivity index (χ1n) is 4.11. The van der Waals surface area contributed by atoms with E-state index in [4.69, 9.17) is 5.26 Å². The molecule has 0 bridgehead atoms. The highest BCUT2D eigenvalue weighted by Crippen LogP contribution is 2.52. The van der Waals surface area contributed by atoms with Crippen molar-refractivity contribution in [2.24, 2.45) is 11.3 Å². The molecule has 0 spiro atoms. The van der Waals surface area contributed by atoms with Crippen LogP contribution < -0.4 is 0 Å². The van der Waals surface area contributed by atoms with Crippen LogP contribution in [0, 0.1) is 22.7 Å². The zero-order valence-corrected chi connectivity index (χ0v) is 7.79. The first kappa shape index (κ1) is 9.05. The molecule has 12 heavy (non-hydrogen) atoms. The van der Waals surface area contributed by atoms with E-state index in [9.17, 15) is 4.79 Å². The monoisotopic (exact) mass is 166 g/mol. The van der Waals surface area contributed by atoms with Crippen LogP contribution >= 0.6 is 0 Å². The largest absolute Gasteiger partial charge is 0.332 e. The number of hydrogen-bond acceptors (Lipinski definition) is 2. The van der Waals surface area contributed by atoms with Gasteiger partial charge >= 0.3 is 0 Å². The maximum Gasteiger partial charge on any atom is 0.226 e. The highest BCUT2D eigenvalue weighted by molar-refractivity contribution is 5.82. The van der Waals surface area contributed by atoms with E-state index in [1.165, 1.54) is 4.90 Å². The lowest BCUT2D eigenvalue weighted by molar-refractivity contribution is -0.131. The fourth-order valence-electron chi connectivity index (χ4n) is 1.34. The zero-order valence-electron chi connectivity index (χ0n) is 7.79. The van der Waals surface area contributed by atoms with Crippen LogP contribution in [0.4, 0.5) is 0 Å². The Morgan fingerprint density at radius 2 is 2.25 bits per heavy atom.